The molecule has 0 aliphatic heterocycles. The molecule has 0 saturated carbocycles. The molecule has 1 aliphatic rings. The van der Waals surface area contributed by atoms with Gasteiger partial charge in [0.1, 0.15) is 5.82 Å². The van der Waals surface area contributed by atoms with E-state index in [4.69, 9.17) is 0 Å². The van der Waals surface area contributed by atoms with E-state index < -0.39 is 0 Å². The molecular formula is C16H23ClFN. The van der Waals surface area contributed by atoms with Gasteiger partial charge in [-0.05, 0) is 48.4 Å². The minimum atomic E-state index is -0.186. The number of hydrogen-bond acceptors (Lipinski definition) is 1. The molecule has 0 spiro atoms. The maximum atomic E-state index is 13.1. The lowest BCUT2D eigenvalue weighted by atomic mass is 9.81. The van der Waals surface area contributed by atoms with Crippen LogP contribution in [0.4, 0.5) is 10.1 Å². The maximum Gasteiger partial charge on any atom is 0.125 e. The van der Waals surface area contributed by atoms with E-state index in [0.29, 0.717) is 0 Å². The average Bonchev–Trinajstić information content (AvgIpc) is 2.48. The predicted octanol–water partition coefficient (Wildman–Crippen LogP) is 5.19. The SMILES string of the molecule is CC1(C)CCCCC=C1CNc1cccc(F)c1.Cl. The van der Waals surface area contributed by atoms with Crippen molar-refractivity contribution >= 4 is 18.1 Å². The number of anilines is 1. The topological polar surface area (TPSA) is 12.0 Å². The van der Waals surface area contributed by atoms with E-state index in [1.165, 1.54) is 37.3 Å². The Labute approximate surface area is 121 Å². The third-order valence-corrected chi connectivity index (χ3v) is 3.82. The van der Waals surface area contributed by atoms with Crippen molar-refractivity contribution in [1.82, 2.24) is 0 Å². The van der Waals surface area contributed by atoms with Gasteiger partial charge in [0.05, 0.1) is 0 Å². The Kier molecular flexibility index (Phi) is 5.86. The van der Waals surface area contributed by atoms with E-state index in [1.807, 2.05) is 6.07 Å². The van der Waals surface area contributed by atoms with Crippen molar-refractivity contribution in [3.8, 4) is 0 Å². The molecule has 0 amide bonds. The lowest BCUT2D eigenvalue weighted by molar-refractivity contribution is 0.397. The molecule has 1 aromatic carbocycles. The van der Waals surface area contributed by atoms with Crippen molar-refractivity contribution in [3.63, 3.8) is 0 Å². The van der Waals surface area contributed by atoms with Crippen LogP contribution < -0.4 is 5.32 Å². The molecule has 0 heterocycles. The Morgan fingerprint density at radius 3 is 2.79 bits per heavy atom. The maximum absolute atomic E-state index is 13.1. The van der Waals surface area contributed by atoms with Crippen LogP contribution in [0.2, 0.25) is 0 Å². The average molecular weight is 284 g/mol. The zero-order valence-electron chi connectivity index (χ0n) is 11.7. The van der Waals surface area contributed by atoms with Crippen LogP contribution in [-0.4, -0.2) is 6.54 Å². The fourth-order valence-electron chi connectivity index (χ4n) is 2.53. The summed E-state index contributed by atoms with van der Waals surface area (Å²) in [6, 6.07) is 6.67. The smallest absolute Gasteiger partial charge is 0.125 e. The van der Waals surface area contributed by atoms with Crippen molar-refractivity contribution in [2.24, 2.45) is 5.41 Å². The number of hydrogen-bond donors (Lipinski definition) is 1. The number of allylic oxidation sites excluding steroid dienone is 1. The monoisotopic (exact) mass is 283 g/mol. The molecule has 0 radical (unpaired) electrons. The van der Waals surface area contributed by atoms with Gasteiger partial charge in [-0.1, -0.05) is 32.4 Å². The third kappa shape index (κ3) is 4.54. The summed E-state index contributed by atoms with van der Waals surface area (Å²) in [5.74, 6) is -0.186. The minimum absolute atomic E-state index is 0. The Morgan fingerprint density at radius 1 is 1.26 bits per heavy atom. The highest BCUT2D eigenvalue weighted by molar-refractivity contribution is 5.85. The van der Waals surface area contributed by atoms with E-state index in [1.54, 1.807) is 12.1 Å². The van der Waals surface area contributed by atoms with Crippen LogP contribution in [0.5, 0.6) is 0 Å². The van der Waals surface area contributed by atoms with Crippen LogP contribution >= 0.6 is 12.4 Å². The Bertz CT molecular complexity index is 440. The molecule has 2 rings (SSSR count). The summed E-state index contributed by atoms with van der Waals surface area (Å²) in [5, 5.41) is 3.33. The quantitative estimate of drug-likeness (QED) is 0.753. The summed E-state index contributed by atoms with van der Waals surface area (Å²) in [4.78, 5) is 0. The van der Waals surface area contributed by atoms with Gasteiger partial charge in [-0.2, -0.15) is 0 Å². The second-order valence-corrected chi connectivity index (χ2v) is 5.72. The molecular weight excluding hydrogens is 261 g/mol. The van der Waals surface area contributed by atoms with Crippen molar-refractivity contribution in [2.75, 3.05) is 11.9 Å². The van der Waals surface area contributed by atoms with Gasteiger partial charge in [-0.25, -0.2) is 4.39 Å². The molecule has 0 atom stereocenters. The first-order chi connectivity index (χ1) is 8.58. The summed E-state index contributed by atoms with van der Waals surface area (Å²) < 4.78 is 13.1. The minimum Gasteiger partial charge on any atom is -0.381 e. The van der Waals surface area contributed by atoms with Gasteiger partial charge in [0.25, 0.3) is 0 Å². The lowest BCUT2D eigenvalue weighted by Gasteiger charge is -2.27. The summed E-state index contributed by atoms with van der Waals surface area (Å²) in [6.07, 6.45) is 7.35. The highest BCUT2D eigenvalue weighted by Crippen LogP contribution is 2.35. The number of nitrogens with one attached hydrogen (secondary N) is 1. The Hall–Kier alpha value is -1.02. The number of benzene rings is 1. The molecule has 19 heavy (non-hydrogen) atoms. The van der Waals surface area contributed by atoms with Gasteiger partial charge in [0.2, 0.25) is 0 Å². The molecule has 0 bridgehead atoms. The van der Waals surface area contributed by atoms with Crippen LogP contribution in [-0.2, 0) is 0 Å². The first-order valence-electron chi connectivity index (χ1n) is 6.77. The van der Waals surface area contributed by atoms with E-state index in [2.05, 4.69) is 25.2 Å². The molecule has 0 unspecified atom stereocenters. The highest BCUT2D eigenvalue weighted by atomic mass is 35.5. The van der Waals surface area contributed by atoms with Gasteiger partial charge < -0.3 is 5.32 Å². The molecule has 0 aromatic heterocycles. The standard InChI is InChI=1S/C16H22FN.ClH/c1-16(2)10-5-3-4-7-13(16)12-18-15-9-6-8-14(17)11-15;/h6-9,11,18H,3-5,10,12H2,1-2H3;1H. The summed E-state index contributed by atoms with van der Waals surface area (Å²) >= 11 is 0. The van der Waals surface area contributed by atoms with Gasteiger partial charge in [0.15, 0.2) is 0 Å². The lowest BCUT2D eigenvalue weighted by Crippen LogP contribution is -2.20. The number of halogens is 2. The van der Waals surface area contributed by atoms with Gasteiger partial charge in [0, 0.05) is 12.2 Å². The van der Waals surface area contributed by atoms with Crippen LogP contribution in [0.3, 0.4) is 0 Å². The first kappa shape index (κ1) is 16.0. The van der Waals surface area contributed by atoms with Crippen LogP contribution in [0.15, 0.2) is 35.9 Å². The zero-order chi connectivity index (χ0) is 13.0. The Morgan fingerprint density at radius 2 is 2.05 bits per heavy atom. The van der Waals surface area contributed by atoms with E-state index in [0.717, 1.165) is 12.2 Å². The van der Waals surface area contributed by atoms with Crippen LogP contribution in [0.25, 0.3) is 0 Å². The van der Waals surface area contributed by atoms with Gasteiger partial charge in [-0.15, -0.1) is 12.4 Å². The van der Waals surface area contributed by atoms with Crippen molar-refractivity contribution in [2.45, 2.75) is 39.5 Å². The molecule has 1 aromatic rings. The second kappa shape index (κ2) is 6.95. The Balaban J connectivity index is 0.00000180. The molecule has 1 nitrogen and oxygen atoms in total. The first-order valence-corrected chi connectivity index (χ1v) is 6.77. The second-order valence-electron chi connectivity index (χ2n) is 5.72. The van der Waals surface area contributed by atoms with Crippen molar-refractivity contribution in [1.29, 1.82) is 0 Å². The van der Waals surface area contributed by atoms with E-state index >= 15 is 0 Å². The zero-order valence-corrected chi connectivity index (χ0v) is 12.5. The predicted molar refractivity (Wildman–Crippen MR) is 82.5 cm³/mol. The molecule has 106 valence electrons. The summed E-state index contributed by atoms with van der Waals surface area (Å²) in [5.41, 5.74) is 2.57. The largest absolute Gasteiger partial charge is 0.381 e. The van der Waals surface area contributed by atoms with E-state index in [9.17, 15) is 4.39 Å². The van der Waals surface area contributed by atoms with Crippen molar-refractivity contribution in [3.05, 3.63) is 41.7 Å². The fraction of sp³-hybridized carbons (Fsp3) is 0.500. The normalized spacial score (nSPS) is 17.9. The molecule has 1 N–H and O–H groups in total. The summed E-state index contributed by atoms with van der Waals surface area (Å²) in [6.45, 7) is 5.42. The number of rotatable bonds is 3. The van der Waals surface area contributed by atoms with Crippen LogP contribution in [0, 0.1) is 11.2 Å². The fourth-order valence-corrected chi connectivity index (χ4v) is 2.53. The molecule has 0 saturated heterocycles. The molecule has 1 aliphatic carbocycles. The molecule has 3 heteroatoms. The summed E-state index contributed by atoms with van der Waals surface area (Å²) in [7, 11) is 0. The van der Waals surface area contributed by atoms with Crippen molar-refractivity contribution < 1.29 is 4.39 Å². The van der Waals surface area contributed by atoms with Gasteiger partial charge in [-0.3, -0.25) is 0 Å². The highest BCUT2D eigenvalue weighted by Gasteiger charge is 2.24. The third-order valence-electron chi connectivity index (χ3n) is 3.82. The molecule has 0 fully saturated rings. The van der Waals surface area contributed by atoms with Crippen LogP contribution in [0.1, 0.15) is 39.5 Å². The van der Waals surface area contributed by atoms with Gasteiger partial charge >= 0.3 is 0 Å². The van der Waals surface area contributed by atoms with E-state index in [-0.39, 0.29) is 23.6 Å².